The second-order valence-electron chi connectivity index (χ2n) is 3.64. The molecule has 2 aromatic carbocycles. The molecule has 0 spiro atoms. The van der Waals surface area contributed by atoms with E-state index < -0.39 is 0 Å². The summed E-state index contributed by atoms with van der Waals surface area (Å²) < 4.78 is 5.30. The van der Waals surface area contributed by atoms with Crippen molar-refractivity contribution in [2.24, 2.45) is 0 Å². The zero-order valence-corrected chi connectivity index (χ0v) is 10.1. The van der Waals surface area contributed by atoms with Gasteiger partial charge in [0.05, 0.1) is 7.11 Å². The van der Waals surface area contributed by atoms with E-state index in [9.17, 15) is 0 Å². The maximum absolute atomic E-state index is 5.99. The standard InChI is InChI=1S/C14H13ClO/c1-10-13(7-4-8-14(10)16-2)11-5-3-6-12(15)9-11/h3-9H,1-2H3. The number of benzene rings is 2. The third-order valence-electron chi connectivity index (χ3n) is 2.64. The van der Waals surface area contributed by atoms with Crippen molar-refractivity contribution in [3.63, 3.8) is 0 Å². The van der Waals surface area contributed by atoms with Gasteiger partial charge in [0, 0.05) is 5.02 Å². The van der Waals surface area contributed by atoms with Crippen LogP contribution in [0, 0.1) is 6.92 Å². The van der Waals surface area contributed by atoms with Crippen molar-refractivity contribution in [3.05, 3.63) is 53.1 Å². The average Bonchev–Trinajstić information content (AvgIpc) is 2.29. The maximum Gasteiger partial charge on any atom is 0.122 e. The zero-order chi connectivity index (χ0) is 11.5. The summed E-state index contributed by atoms with van der Waals surface area (Å²) in [6, 6.07) is 13.9. The van der Waals surface area contributed by atoms with E-state index in [1.165, 1.54) is 0 Å². The van der Waals surface area contributed by atoms with E-state index in [1.807, 2.05) is 36.4 Å². The van der Waals surface area contributed by atoms with E-state index >= 15 is 0 Å². The fourth-order valence-electron chi connectivity index (χ4n) is 1.80. The van der Waals surface area contributed by atoms with Crippen LogP contribution < -0.4 is 4.74 Å². The van der Waals surface area contributed by atoms with Crippen LogP contribution in [-0.2, 0) is 0 Å². The molecule has 0 aliphatic rings. The lowest BCUT2D eigenvalue weighted by atomic mass is 10.00. The van der Waals surface area contributed by atoms with Gasteiger partial charge in [-0.25, -0.2) is 0 Å². The van der Waals surface area contributed by atoms with E-state index in [1.54, 1.807) is 7.11 Å². The Morgan fingerprint density at radius 1 is 1.06 bits per heavy atom. The van der Waals surface area contributed by atoms with Gasteiger partial charge in [-0.15, -0.1) is 0 Å². The smallest absolute Gasteiger partial charge is 0.122 e. The molecule has 0 amide bonds. The monoisotopic (exact) mass is 232 g/mol. The molecule has 0 atom stereocenters. The molecule has 0 heterocycles. The summed E-state index contributed by atoms with van der Waals surface area (Å²) >= 11 is 5.99. The van der Waals surface area contributed by atoms with Gasteiger partial charge in [-0.05, 0) is 41.8 Å². The minimum Gasteiger partial charge on any atom is -0.496 e. The molecule has 0 unspecified atom stereocenters. The lowest BCUT2D eigenvalue weighted by Crippen LogP contribution is -1.89. The Morgan fingerprint density at radius 2 is 1.81 bits per heavy atom. The molecule has 2 heteroatoms. The highest BCUT2D eigenvalue weighted by Gasteiger charge is 2.06. The summed E-state index contributed by atoms with van der Waals surface area (Å²) in [5.41, 5.74) is 3.40. The Bertz CT molecular complexity index is 506. The van der Waals surface area contributed by atoms with Crippen LogP contribution in [0.25, 0.3) is 11.1 Å². The average molecular weight is 233 g/mol. The van der Waals surface area contributed by atoms with Crippen LogP contribution >= 0.6 is 11.6 Å². The predicted octanol–water partition coefficient (Wildman–Crippen LogP) is 4.32. The number of halogens is 1. The second kappa shape index (κ2) is 4.58. The minimum absolute atomic E-state index is 0.750. The van der Waals surface area contributed by atoms with Crippen molar-refractivity contribution in [1.82, 2.24) is 0 Å². The largest absolute Gasteiger partial charge is 0.496 e. The van der Waals surface area contributed by atoms with Crippen LogP contribution in [0.3, 0.4) is 0 Å². The molecule has 16 heavy (non-hydrogen) atoms. The molecule has 0 aliphatic heterocycles. The van der Waals surface area contributed by atoms with Gasteiger partial charge in [0.1, 0.15) is 5.75 Å². The van der Waals surface area contributed by atoms with E-state index in [4.69, 9.17) is 16.3 Å². The van der Waals surface area contributed by atoms with Crippen LogP contribution in [0.5, 0.6) is 5.75 Å². The van der Waals surface area contributed by atoms with Crippen molar-refractivity contribution in [2.45, 2.75) is 6.92 Å². The molecule has 0 saturated heterocycles. The molecular weight excluding hydrogens is 220 g/mol. The quantitative estimate of drug-likeness (QED) is 0.749. The van der Waals surface area contributed by atoms with E-state index in [0.29, 0.717) is 0 Å². The molecule has 0 N–H and O–H groups in total. The van der Waals surface area contributed by atoms with Crippen LogP contribution in [-0.4, -0.2) is 7.11 Å². The molecule has 0 radical (unpaired) electrons. The Kier molecular flexibility index (Phi) is 3.16. The first-order valence-corrected chi connectivity index (χ1v) is 5.49. The SMILES string of the molecule is COc1cccc(-c2cccc(Cl)c2)c1C. The first-order chi connectivity index (χ1) is 7.72. The predicted molar refractivity (Wildman–Crippen MR) is 68.2 cm³/mol. The number of ether oxygens (including phenoxy) is 1. The summed E-state index contributed by atoms with van der Waals surface area (Å²) in [4.78, 5) is 0. The summed E-state index contributed by atoms with van der Waals surface area (Å²) in [6.07, 6.45) is 0. The first-order valence-electron chi connectivity index (χ1n) is 5.12. The third kappa shape index (κ3) is 2.05. The molecule has 2 rings (SSSR count). The van der Waals surface area contributed by atoms with Crippen molar-refractivity contribution in [3.8, 4) is 16.9 Å². The van der Waals surface area contributed by atoms with Gasteiger partial charge in [0.2, 0.25) is 0 Å². The number of hydrogen-bond donors (Lipinski definition) is 0. The van der Waals surface area contributed by atoms with Crippen molar-refractivity contribution >= 4 is 11.6 Å². The number of hydrogen-bond acceptors (Lipinski definition) is 1. The molecule has 0 aromatic heterocycles. The fourth-order valence-corrected chi connectivity index (χ4v) is 1.99. The fraction of sp³-hybridized carbons (Fsp3) is 0.143. The second-order valence-corrected chi connectivity index (χ2v) is 4.08. The Morgan fingerprint density at radius 3 is 2.50 bits per heavy atom. The molecule has 0 bridgehead atoms. The Balaban J connectivity index is 2.56. The molecule has 0 aliphatic carbocycles. The summed E-state index contributed by atoms with van der Waals surface area (Å²) in [6.45, 7) is 2.05. The highest BCUT2D eigenvalue weighted by atomic mass is 35.5. The molecule has 0 fully saturated rings. The van der Waals surface area contributed by atoms with E-state index in [2.05, 4.69) is 13.0 Å². The van der Waals surface area contributed by atoms with Crippen LogP contribution in [0.4, 0.5) is 0 Å². The lowest BCUT2D eigenvalue weighted by molar-refractivity contribution is 0.412. The van der Waals surface area contributed by atoms with Crippen molar-refractivity contribution in [1.29, 1.82) is 0 Å². The van der Waals surface area contributed by atoms with Crippen molar-refractivity contribution in [2.75, 3.05) is 7.11 Å². The van der Waals surface area contributed by atoms with Gasteiger partial charge in [0.15, 0.2) is 0 Å². The number of rotatable bonds is 2. The van der Waals surface area contributed by atoms with Crippen molar-refractivity contribution < 1.29 is 4.74 Å². The van der Waals surface area contributed by atoms with Gasteiger partial charge in [0.25, 0.3) is 0 Å². The minimum atomic E-state index is 0.750. The molecule has 0 saturated carbocycles. The van der Waals surface area contributed by atoms with Gasteiger partial charge in [-0.3, -0.25) is 0 Å². The highest BCUT2D eigenvalue weighted by molar-refractivity contribution is 6.30. The summed E-state index contributed by atoms with van der Waals surface area (Å²) in [5.74, 6) is 0.900. The highest BCUT2D eigenvalue weighted by Crippen LogP contribution is 2.30. The van der Waals surface area contributed by atoms with Gasteiger partial charge in [-0.1, -0.05) is 35.9 Å². The number of methoxy groups -OCH3 is 1. The van der Waals surface area contributed by atoms with Gasteiger partial charge in [-0.2, -0.15) is 0 Å². The Hall–Kier alpha value is -1.47. The molecule has 2 aromatic rings. The van der Waals surface area contributed by atoms with E-state index in [0.717, 1.165) is 27.5 Å². The normalized spacial score (nSPS) is 10.2. The zero-order valence-electron chi connectivity index (χ0n) is 9.33. The summed E-state index contributed by atoms with van der Waals surface area (Å²) in [5, 5.41) is 0.750. The third-order valence-corrected chi connectivity index (χ3v) is 2.87. The lowest BCUT2D eigenvalue weighted by Gasteiger charge is -2.10. The van der Waals surface area contributed by atoms with Gasteiger partial charge >= 0.3 is 0 Å². The van der Waals surface area contributed by atoms with E-state index in [-0.39, 0.29) is 0 Å². The molecule has 82 valence electrons. The van der Waals surface area contributed by atoms with Crippen LogP contribution in [0.1, 0.15) is 5.56 Å². The first kappa shape index (κ1) is 11.0. The Labute approximate surface area is 101 Å². The molecular formula is C14H13ClO. The van der Waals surface area contributed by atoms with Gasteiger partial charge < -0.3 is 4.74 Å². The topological polar surface area (TPSA) is 9.23 Å². The molecule has 1 nitrogen and oxygen atoms in total. The van der Waals surface area contributed by atoms with Crippen LogP contribution in [0.2, 0.25) is 5.02 Å². The maximum atomic E-state index is 5.99. The van der Waals surface area contributed by atoms with Crippen LogP contribution in [0.15, 0.2) is 42.5 Å². The summed E-state index contributed by atoms with van der Waals surface area (Å²) in [7, 11) is 1.68.